The second-order valence-electron chi connectivity index (χ2n) is 5.33. The molecule has 0 saturated heterocycles. The molecule has 0 radical (unpaired) electrons. The van der Waals surface area contributed by atoms with E-state index in [4.69, 9.17) is 18.9 Å². The van der Waals surface area contributed by atoms with E-state index >= 15 is 0 Å². The Hall–Kier alpha value is -0.910. The van der Waals surface area contributed by atoms with E-state index in [1.807, 2.05) is 0 Å². The fraction of sp³-hybridized carbons (Fsp3) is 0.833. The van der Waals surface area contributed by atoms with Gasteiger partial charge in [-0.1, -0.05) is 45.1 Å². The zero-order chi connectivity index (χ0) is 17.0. The Morgan fingerprint density at radius 2 is 1.39 bits per heavy atom. The standard InChI is InChI=1S/C18H34O5/c1-3-5-6-7-8-9-10-18(19)23-17-16-22-15-14-21-13-12-20-11-4-2/h4H,2-3,5-17H2,1H3. The van der Waals surface area contributed by atoms with Crippen LogP contribution in [0.1, 0.15) is 51.9 Å². The molecule has 5 nitrogen and oxygen atoms in total. The quantitative estimate of drug-likeness (QED) is 0.219. The molecule has 0 rings (SSSR count). The highest BCUT2D eigenvalue weighted by Gasteiger charge is 2.02. The van der Waals surface area contributed by atoms with Crippen LogP contribution >= 0.6 is 0 Å². The van der Waals surface area contributed by atoms with E-state index in [1.165, 1.54) is 25.7 Å². The van der Waals surface area contributed by atoms with E-state index in [2.05, 4.69) is 13.5 Å². The molecule has 0 unspecified atom stereocenters. The van der Waals surface area contributed by atoms with Gasteiger partial charge in [-0.05, 0) is 6.42 Å². The van der Waals surface area contributed by atoms with Gasteiger partial charge in [0.05, 0.1) is 39.6 Å². The summed E-state index contributed by atoms with van der Waals surface area (Å²) < 4.78 is 20.9. The number of hydrogen-bond donors (Lipinski definition) is 0. The number of rotatable bonds is 18. The minimum absolute atomic E-state index is 0.125. The minimum atomic E-state index is -0.125. The zero-order valence-electron chi connectivity index (χ0n) is 14.7. The Kier molecular flexibility index (Phi) is 18.4. The number of ether oxygens (including phenoxy) is 4. The first kappa shape index (κ1) is 22.1. The number of hydrogen-bond acceptors (Lipinski definition) is 5. The summed E-state index contributed by atoms with van der Waals surface area (Å²) in [7, 11) is 0. The smallest absolute Gasteiger partial charge is 0.305 e. The molecule has 0 saturated carbocycles. The molecule has 0 aliphatic rings. The van der Waals surface area contributed by atoms with Crippen molar-refractivity contribution in [3.8, 4) is 0 Å². The SMILES string of the molecule is C=CCOCCOCCOCCOC(=O)CCCCCCCC. The lowest BCUT2D eigenvalue weighted by Crippen LogP contribution is -2.13. The van der Waals surface area contributed by atoms with Crippen molar-refractivity contribution in [2.75, 3.05) is 46.2 Å². The lowest BCUT2D eigenvalue weighted by molar-refractivity contribution is -0.145. The molecular weight excluding hydrogens is 296 g/mol. The molecule has 0 aromatic heterocycles. The highest BCUT2D eigenvalue weighted by atomic mass is 16.6. The molecule has 0 bridgehead atoms. The molecule has 0 heterocycles. The molecule has 5 heteroatoms. The number of carbonyl (C=O) groups excluding carboxylic acids is 1. The van der Waals surface area contributed by atoms with Crippen molar-refractivity contribution in [2.24, 2.45) is 0 Å². The summed E-state index contributed by atoms with van der Waals surface area (Å²) in [5.74, 6) is -0.125. The van der Waals surface area contributed by atoms with Gasteiger partial charge in [0, 0.05) is 6.42 Å². The fourth-order valence-electron chi connectivity index (χ4n) is 1.94. The van der Waals surface area contributed by atoms with Gasteiger partial charge in [-0.3, -0.25) is 4.79 Å². The summed E-state index contributed by atoms with van der Waals surface area (Å²) in [6.45, 7) is 9.15. The van der Waals surface area contributed by atoms with E-state index in [9.17, 15) is 4.79 Å². The Bertz CT molecular complexity index is 268. The van der Waals surface area contributed by atoms with Gasteiger partial charge in [0.1, 0.15) is 6.61 Å². The van der Waals surface area contributed by atoms with E-state index in [1.54, 1.807) is 6.08 Å². The van der Waals surface area contributed by atoms with E-state index in [0.29, 0.717) is 52.7 Å². The first-order chi connectivity index (χ1) is 11.3. The lowest BCUT2D eigenvalue weighted by atomic mass is 10.1. The fourth-order valence-corrected chi connectivity index (χ4v) is 1.94. The van der Waals surface area contributed by atoms with Crippen molar-refractivity contribution in [1.29, 1.82) is 0 Å². The minimum Gasteiger partial charge on any atom is -0.463 e. The topological polar surface area (TPSA) is 54.0 Å². The molecule has 0 fully saturated rings. The van der Waals surface area contributed by atoms with Crippen molar-refractivity contribution in [3.63, 3.8) is 0 Å². The van der Waals surface area contributed by atoms with Gasteiger partial charge in [-0.25, -0.2) is 0 Å². The number of unbranched alkanes of at least 4 members (excludes halogenated alkanes) is 5. The first-order valence-electron chi connectivity index (χ1n) is 8.81. The third-order valence-corrected chi connectivity index (χ3v) is 3.20. The van der Waals surface area contributed by atoms with E-state index in [-0.39, 0.29) is 5.97 Å². The molecular formula is C18H34O5. The first-order valence-corrected chi connectivity index (χ1v) is 8.81. The number of carbonyl (C=O) groups is 1. The highest BCUT2D eigenvalue weighted by Crippen LogP contribution is 2.07. The summed E-state index contributed by atoms with van der Waals surface area (Å²) >= 11 is 0. The van der Waals surface area contributed by atoms with Crippen LogP contribution in [-0.2, 0) is 23.7 Å². The number of esters is 1. The van der Waals surface area contributed by atoms with E-state index in [0.717, 1.165) is 12.8 Å². The predicted octanol–water partition coefficient (Wildman–Crippen LogP) is 3.52. The molecule has 0 aliphatic heterocycles. The van der Waals surface area contributed by atoms with Gasteiger partial charge in [0.15, 0.2) is 0 Å². The van der Waals surface area contributed by atoms with Crippen LogP contribution in [0, 0.1) is 0 Å². The van der Waals surface area contributed by atoms with E-state index < -0.39 is 0 Å². The van der Waals surface area contributed by atoms with Crippen LogP contribution in [0.25, 0.3) is 0 Å². The zero-order valence-corrected chi connectivity index (χ0v) is 14.7. The maximum atomic E-state index is 11.5. The Morgan fingerprint density at radius 3 is 2.04 bits per heavy atom. The van der Waals surface area contributed by atoms with Gasteiger partial charge in [-0.2, -0.15) is 0 Å². The molecule has 0 atom stereocenters. The summed E-state index contributed by atoms with van der Waals surface area (Å²) in [5, 5.41) is 0. The van der Waals surface area contributed by atoms with Crippen LogP contribution in [0.4, 0.5) is 0 Å². The molecule has 0 N–H and O–H groups in total. The van der Waals surface area contributed by atoms with Crippen molar-refractivity contribution >= 4 is 5.97 Å². The third kappa shape index (κ3) is 19.0. The van der Waals surface area contributed by atoms with Crippen LogP contribution in [0.2, 0.25) is 0 Å². The summed E-state index contributed by atoms with van der Waals surface area (Å²) in [5.41, 5.74) is 0. The van der Waals surface area contributed by atoms with Gasteiger partial charge in [0.25, 0.3) is 0 Å². The van der Waals surface area contributed by atoms with Crippen molar-refractivity contribution in [2.45, 2.75) is 51.9 Å². The second-order valence-corrected chi connectivity index (χ2v) is 5.33. The van der Waals surface area contributed by atoms with Crippen LogP contribution in [0.5, 0.6) is 0 Å². The largest absolute Gasteiger partial charge is 0.463 e. The normalized spacial score (nSPS) is 10.7. The monoisotopic (exact) mass is 330 g/mol. The van der Waals surface area contributed by atoms with Gasteiger partial charge in [-0.15, -0.1) is 6.58 Å². The molecule has 23 heavy (non-hydrogen) atoms. The molecule has 0 aromatic carbocycles. The van der Waals surface area contributed by atoms with Crippen LogP contribution in [0.15, 0.2) is 12.7 Å². The Labute approximate surface area is 141 Å². The van der Waals surface area contributed by atoms with Crippen molar-refractivity contribution in [3.05, 3.63) is 12.7 Å². The summed E-state index contributed by atoms with van der Waals surface area (Å²) in [4.78, 5) is 11.5. The average molecular weight is 330 g/mol. The lowest BCUT2D eigenvalue weighted by Gasteiger charge is -2.07. The Balaban J connectivity index is 3.13. The van der Waals surface area contributed by atoms with Crippen LogP contribution < -0.4 is 0 Å². The second kappa shape index (κ2) is 19.1. The Morgan fingerprint density at radius 1 is 0.826 bits per heavy atom. The van der Waals surface area contributed by atoms with Gasteiger partial charge < -0.3 is 18.9 Å². The maximum Gasteiger partial charge on any atom is 0.305 e. The molecule has 0 aromatic rings. The summed E-state index contributed by atoms with van der Waals surface area (Å²) in [6.07, 6.45) is 9.26. The average Bonchev–Trinajstić information content (AvgIpc) is 2.56. The highest BCUT2D eigenvalue weighted by molar-refractivity contribution is 5.69. The molecule has 0 aliphatic carbocycles. The van der Waals surface area contributed by atoms with Gasteiger partial charge in [0.2, 0.25) is 0 Å². The van der Waals surface area contributed by atoms with Gasteiger partial charge >= 0.3 is 5.97 Å². The summed E-state index contributed by atoms with van der Waals surface area (Å²) in [6, 6.07) is 0. The predicted molar refractivity (Wildman–Crippen MR) is 91.6 cm³/mol. The molecule has 0 amide bonds. The molecule has 0 spiro atoms. The molecule has 136 valence electrons. The van der Waals surface area contributed by atoms with Crippen LogP contribution in [-0.4, -0.2) is 52.2 Å². The third-order valence-electron chi connectivity index (χ3n) is 3.20. The van der Waals surface area contributed by atoms with Crippen LogP contribution in [0.3, 0.4) is 0 Å². The maximum absolute atomic E-state index is 11.5. The van der Waals surface area contributed by atoms with Crippen molar-refractivity contribution in [1.82, 2.24) is 0 Å². The van der Waals surface area contributed by atoms with Crippen molar-refractivity contribution < 1.29 is 23.7 Å².